The van der Waals surface area contributed by atoms with Gasteiger partial charge in [-0.1, -0.05) is 12.1 Å². The van der Waals surface area contributed by atoms with Crippen molar-refractivity contribution < 1.29 is 9.59 Å². The third-order valence-corrected chi connectivity index (χ3v) is 5.45. The maximum Gasteiger partial charge on any atom is 0.262 e. The van der Waals surface area contributed by atoms with E-state index in [-0.39, 0.29) is 17.9 Å². The lowest BCUT2D eigenvalue weighted by Gasteiger charge is -2.15. The van der Waals surface area contributed by atoms with Gasteiger partial charge in [-0.25, -0.2) is 0 Å². The molecular formula is C18H18N2O2S. The summed E-state index contributed by atoms with van der Waals surface area (Å²) >= 11 is 1.52. The lowest BCUT2D eigenvalue weighted by molar-refractivity contribution is -0.115. The molecule has 118 valence electrons. The van der Waals surface area contributed by atoms with Gasteiger partial charge in [0.1, 0.15) is 0 Å². The molecular weight excluding hydrogens is 308 g/mol. The highest BCUT2D eigenvalue weighted by atomic mass is 32.1. The lowest BCUT2D eigenvalue weighted by Crippen LogP contribution is -2.26. The normalized spacial score (nSPS) is 17.5. The van der Waals surface area contributed by atoms with E-state index >= 15 is 0 Å². The number of nitrogens with one attached hydrogen (secondary N) is 2. The molecule has 4 rings (SSSR count). The van der Waals surface area contributed by atoms with E-state index in [9.17, 15) is 9.59 Å². The predicted molar refractivity (Wildman–Crippen MR) is 91.0 cm³/mol. The average Bonchev–Trinajstić information content (AvgIpc) is 3.12. The van der Waals surface area contributed by atoms with Crippen LogP contribution in [0.25, 0.3) is 0 Å². The molecule has 2 aromatic rings. The van der Waals surface area contributed by atoms with E-state index in [1.54, 1.807) is 0 Å². The van der Waals surface area contributed by atoms with Crippen molar-refractivity contribution in [2.45, 2.75) is 38.1 Å². The number of thiophene rings is 1. The Hall–Kier alpha value is -2.14. The van der Waals surface area contributed by atoms with E-state index in [4.69, 9.17) is 0 Å². The molecule has 0 saturated heterocycles. The number of carbonyl (C=O) groups is 2. The Balaban J connectivity index is 1.50. The number of carbonyl (C=O) groups excluding carboxylic acids is 2. The van der Waals surface area contributed by atoms with Crippen molar-refractivity contribution in [3.8, 4) is 0 Å². The van der Waals surface area contributed by atoms with Gasteiger partial charge in [0, 0.05) is 5.69 Å². The fraction of sp³-hybridized carbons (Fsp3) is 0.333. The first-order chi connectivity index (χ1) is 11.1. The zero-order valence-corrected chi connectivity index (χ0v) is 13.7. The Labute approximate surface area is 138 Å². The Morgan fingerprint density at radius 2 is 2.17 bits per heavy atom. The SMILES string of the molecule is CC(NC(=O)c1sccc1C1CC1)c1ccc2c(c1)CC(=O)N2. The number of fused-ring (bicyclic) bond motifs is 1. The van der Waals surface area contributed by atoms with E-state index in [1.165, 1.54) is 29.7 Å². The van der Waals surface area contributed by atoms with Gasteiger partial charge in [-0.05, 0) is 59.9 Å². The molecule has 0 radical (unpaired) electrons. The molecule has 5 heteroatoms. The molecule has 1 unspecified atom stereocenters. The van der Waals surface area contributed by atoms with Gasteiger partial charge in [-0.3, -0.25) is 9.59 Å². The molecule has 0 spiro atoms. The molecule has 1 aliphatic heterocycles. The quantitative estimate of drug-likeness (QED) is 0.902. The number of anilines is 1. The van der Waals surface area contributed by atoms with Crippen LogP contribution in [0.4, 0.5) is 5.69 Å². The lowest BCUT2D eigenvalue weighted by atomic mass is 10.0. The highest BCUT2D eigenvalue weighted by molar-refractivity contribution is 7.12. The third kappa shape index (κ3) is 2.77. The van der Waals surface area contributed by atoms with Crippen molar-refractivity contribution in [2.24, 2.45) is 0 Å². The number of hydrogen-bond acceptors (Lipinski definition) is 3. The molecule has 23 heavy (non-hydrogen) atoms. The fourth-order valence-corrected chi connectivity index (χ4v) is 3.97. The van der Waals surface area contributed by atoms with Crippen LogP contribution >= 0.6 is 11.3 Å². The van der Waals surface area contributed by atoms with Crippen molar-refractivity contribution >= 4 is 28.8 Å². The molecule has 1 aromatic heterocycles. The number of hydrogen-bond donors (Lipinski definition) is 2. The van der Waals surface area contributed by atoms with Gasteiger partial charge in [0.25, 0.3) is 5.91 Å². The molecule has 2 heterocycles. The predicted octanol–water partition coefficient (Wildman–Crippen LogP) is 3.61. The van der Waals surface area contributed by atoms with Crippen LogP contribution in [0.1, 0.15) is 58.1 Å². The average molecular weight is 326 g/mol. The molecule has 1 saturated carbocycles. The Morgan fingerprint density at radius 1 is 1.35 bits per heavy atom. The summed E-state index contributed by atoms with van der Waals surface area (Å²) in [6.07, 6.45) is 2.80. The largest absolute Gasteiger partial charge is 0.345 e. The minimum Gasteiger partial charge on any atom is -0.345 e. The molecule has 2 N–H and O–H groups in total. The fourth-order valence-electron chi connectivity index (χ4n) is 3.08. The minimum atomic E-state index is -0.0855. The first-order valence-corrected chi connectivity index (χ1v) is 8.80. The number of amides is 2. The van der Waals surface area contributed by atoms with Gasteiger partial charge in [0.05, 0.1) is 17.3 Å². The topological polar surface area (TPSA) is 58.2 Å². The van der Waals surface area contributed by atoms with E-state index in [0.717, 1.165) is 21.7 Å². The van der Waals surface area contributed by atoms with Gasteiger partial charge in [-0.2, -0.15) is 0 Å². The summed E-state index contributed by atoms with van der Waals surface area (Å²) in [5.74, 6) is 0.611. The summed E-state index contributed by atoms with van der Waals surface area (Å²) in [7, 11) is 0. The number of rotatable bonds is 4. The van der Waals surface area contributed by atoms with E-state index in [1.807, 2.05) is 30.5 Å². The van der Waals surface area contributed by atoms with E-state index < -0.39 is 0 Å². The zero-order chi connectivity index (χ0) is 16.0. The number of benzene rings is 1. The van der Waals surface area contributed by atoms with E-state index in [2.05, 4.69) is 16.7 Å². The van der Waals surface area contributed by atoms with Crippen LogP contribution in [0.5, 0.6) is 0 Å². The van der Waals surface area contributed by atoms with Crippen LogP contribution in [0.3, 0.4) is 0 Å². The van der Waals surface area contributed by atoms with Gasteiger partial charge < -0.3 is 10.6 Å². The van der Waals surface area contributed by atoms with Crippen molar-refractivity contribution in [3.05, 3.63) is 51.2 Å². The van der Waals surface area contributed by atoms with Crippen LogP contribution in [0.2, 0.25) is 0 Å². The second kappa shape index (κ2) is 5.49. The smallest absolute Gasteiger partial charge is 0.262 e. The zero-order valence-electron chi connectivity index (χ0n) is 12.9. The van der Waals surface area contributed by atoms with Gasteiger partial charge in [-0.15, -0.1) is 11.3 Å². The second-order valence-corrected chi connectivity index (χ2v) is 7.23. The van der Waals surface area contributed by atoms with Crippen LogP contribution in [0.15, 0.2) is 29.6 Å². The summed E-state index contributed by atoms with van der Waals surface area (Å²) in [5.41, 5.74) is 4.11. The van der Waals surface area contributed by atoms with Crippen LogP contribution in [-0.4, -0.2) is 11.8 Å². The van der Waals surface area contributed by atoms with Crippen molar-refractivity contribution in [1.29, 1.82) is 0 Å². The molecule has 0 bridgehead atoms. The van der Waals surface area contributed by atoms with Crippen molar-refractivity contribution in [1.82, 2.24) is 5.32 Å². The second-order valence-electron chi connectivity index (χ2n) is 6.32. The maximum atomic E-state index is 12.6. The Bertz CT molecular complexity index is 792. The Kier molecular flexibility index (Phi) is 3.45. The van der Waals surface area contributed by atoms with Crippen molar-refractivity contribution in [3.63, 3.8) is 0 Å². The standard InChI is InChI=1S/C18H18N2O2S/c1-10(12-4-5-15-13(8-12)9-16(21)20-15)19-18(22)17-14(6-7-23-17)11-2-3-11/h4-8,10-11H,2-3,9H2,1H3,(H,19,22)(H,20,21). The molecule has 1 aromatic carbocycles. The maximum absolute atomic E-state index is 12.6. The van der Waals surface area contributed by atoms with Gasteiger partial charge >= 0.3 is 0 Å². The molecule has 4 nitrogen and oxygen atoms in total. The summed E-state index contributed by atoms with van der Waals surface area (Å²) in [6, 6.07) is 7.88. The van der Waals surface area contributed by atoms with Crippen LogP contribution in [-0.2, 0) is 11.2 Å². The monoisotopic (exact) mass is 326 g/mol. The summed E-state index contributed by atoms with van der Waals surface area (Å²) < 4.78 is 0. The van der Waals surface area contributed by atoms with E-state index in [0.29, 0.717) is 12.3 Å². The highest BCUT2D eigenvalue weighted by Crippen LogP contribution is 2.43. The molecule has 2 aliphatic rings. The Morgan fingerprint density at radius 3 is 2.96 bits per heavy atom. The first kappa shape index (κ1) is 14.5. The van der Waals surface area contributed by atoms with Crippen LogP contribution in [0, 0.1) is 0 Å². The summed E-state index contributed by atoms with van der Waals surface area (Å²) in [6.45, 7) is 1.98. The molecule has 1 fully saturated rings. The molecule has 1 aliphatic carbocycles. The summed E-state index contributed by atoms with van der Waals surface area (Å²) in [5, 5.41) is 7.92. The molecule has 2 amide bonds. The minimum absolute atomic E-state index is 0.00380. The van der Waals surface area contributed by atoms with Gasteiger partial charge in [0.2, 0.25) is 5.91 Å². The van der Waals surface area contributed by atoms with Gasteiger partial charge in [0.15, 0.2) is 0 Å². The first-order valence-electron chi connectivity index (χ1n) is 7.93. The molecule has 1 atom stereocenters. The van der Waals surface area contributed by atoms with Crippen molar-refractivity contribution in [2.75, 3.05) is 5.32 Å². The summed E-state index contributed by atoms with van der Waals surface area (Å²) in [4.78, 5) is 24.8. The third-order valence-electron chi connectivity index (χ3n) is 4.52. The highest BCUT2D eigenvalue weighted by Gasteiger charge is 2.29. The van der Waals surface area contributed by atoms with Crippen LogP contribution < -0.4 is 10.6 Å².